The second-order valence-electron chi connectivity index (χ2n) is 6.83. The molecule has 0 saturated heterocycles. The third-order valence-electron chi connectivity index (χ3n) is 3.60. The van der Waals surface area contributed by atoms with Gasteiger partial charge in [-0.2, -0.15) is 0 Å². The van der Waals surface area contributed by atoms with Crippen LogP contribution in [0.15, 0.2) is 30.6 Å². The number of hydrogen-bond acceptors (Lipinski definition) is 4. The highest BCUT2D eigenvalue weighted by molar-refractivity contribution is 5.67. The molecule has 126 valence electrons. The number of likely N-dealkylation sites (N-methyl/N-ethyl adjacent to an activating group) is 1. The molecule has 0 radical (unpaired) electrons. The lowest BCUT2D eigenvalue weighted by atomic mass is 10.2. The van der Waals surface area contributed by atoms with Gasteiger partial charge in [-0.05, 0) is 46.9 Å². The topological polar surface area (TPSA) is 58.9 Å². The molecule has 0 saturated carbocycles. The normalized spacial score (nSPS) is 13.3. The maximum absolute atomic E-state index is 11.7. The van der Waals surface area contributed by atoms with E-state index in [1.165, 1.54) is 0 Å². The van der Waals surface area contributed by atoms with Gasteiger partial charge in [0.15, 0.2) is 0 Å². The monoisotopic (exact) mass is 318 g/mol. The first-order valence-corrected chi connectivity index (χ1v) is 7.84. The van der Waals surface area contributed by atoms with Crippen molar-refractivity contribution in [1.82, 2.24) is 19.6 Å². The molecule has 0 fully saturated rings. The van der Waals surface area contributed by atoms with Crippen molar-refractivity contribution in [1.29, 1.82) is 0 Å². The van der Waals surface area contributed by atoms with E-state index < -0.39 is 5.60 Å². The number of rotatable bonds is 5. The van der Waals surface area contributed by atoms with Crippen LogP contribution in [-0.2, 0) is 11.3 Å². The molecule has 2 heterocycles. The van der Waals surface area contributed by atoms with Crippen molar-refractivity contribution in [3.8, 4) is 0 Å². The summed E-state index contributed by atoms with van der Waals surface area (Å²) in [4.78, 5) is 18.3. The Hall–Kier alpha value is -2.08. The number of fused-ring (bicyclic) bond motifs is 1. The lowest BCUT2D eigenvalue weighted by molar-refractivity contribution is 0.0512. The summed E-state index contributed by atoms with van der Waals surface area (Å²) in [6, 6.07) is 6.13. The van der Waals surface area contributed by atoms with Gasteiger partial charge in [-0.1, -0.05) is 6.07 Å². The van der Waals surface area contributed by atoms with E-state index in [4.69, 9.17) is 4.74 Å². The number of ether oxygens (including phenoxy) is 1. The second kappa shape index (κ2) is 7.00. The van der Waals surface area contributed by atoms with Crippen molar-refractivity contribution in [2.24, 2.45) is 0 Å². The average molecular weight is 318 g/mol. The molecule has 23 heavy (non-hydrogen) atoms. The van der Waals surface area contributed by atoms with Gasteiger partial charge < -0.3 is 14.5 Å². The zero-order valence-electron chi connectivity index (χ0n) is 14.5. The highest BCUT2D eigenvalue weighted by atomic mass is 16.6. The molecule has 0 aliphatic rings. The number of carbonyl (C=O) groups excluding carboxylic acids is 1. The predicted molar refractivity (Wildman–Crippen MR) is 90.4 cm³/mol. The summed E-state index contributed by atoms with van der Waals surface area (Å²) < 4.78 is 7.32. The van der Waals surface area contributed by atoms with Gasteiger partial charge in [0.05, 0.1) is 11.9 Å². The van der Waals surface area contributed by atoms with Crippen LogP contribution in [0.3, 0.4) is 0 Å². The van der Waals surface area contributed by atoms with E-state index in [1.807, 2.05) is 58.4 Å². The molecule has 1 N–H and O–H groups in total. The van der Waals surface area contributed by atoms with E-state index in [2.05, 4.69) is 26.5 Å². The highest BCUT2D eigenvalue weighted by Gasteiger charge is 2.18. The standard InChI is InChI=1S/C17H26N4O2/c1-13(10-19-16(22)23-17(2,3)4)20(5)12-14-11-18-15-8-6-7-9-21(14)15/h6-9,11,13H,10,12H2,1-5H3,(H,19,22)/t13-/m1/s1. The van der Waals surface area contributed by atoms with Crippen LogP contribution in [0.25, 0.3) is 5.65 Å². The molecule has 0 aliphatic carbocycles. The van der Waals surface area contributed by atoms with Gasteiger partial charge >= 0.3 is 6.09 Å². The Morgan fingerprint density at radius 3 is 2.87 bits per heavy atom. The van der Waals surface area contributed by atoms with Crippen LogP contribution in [0.2, 0.25) is 0 Å². The van der Waals surface area contributed by atoms with Crippen LogP contribution in [0.4, 0.5) is 4.79 Å². The number of pyridine rings is 1. The number of amides is 1. The van der Waals surface area contributed by atoms with E-state index in [1.54, 1.807) is 0 Å². The minimum absolute atomic E-state index is 0.178. The van der Waals surface area contributed by atoms with Gasteiger partial charge in [0.1, 0.15) is 11.2 Å². The van der Waals surface area contributed by atoms with Gasteiger partial charge in [0.2, 0.25) is 0 Å². The lowest BCUT2D eigenvalue weighted by Crippen LogP contribution is -2.41. The maximum atomic E-state index is 11.7. The number of nitrogens with one attached hydrogen (secondary N) is 1. The first-order valence-electron chi connectivity index (χ1n) is 7.84. The number of imidazole rings is 1. The van der Waals surface area contributed by atoms with Crippen molar-refractivity contribution in [3.63, 3.8) is 0 Å². The summed E-state index contributed by atoms with van der Waals surface area (Å²) in [7, 11) is 2.03. The Morgan fingerprint density at radius 2 is 2.17 bits per heavy atom. The molecule has 0 bridgehead atoms. The van der Waals surface area contributed by atoms with Gasteiger partial charge in [-0.15, -0.1) is 0 Å². The molecular weight excluding hydrogens is 292 g/mol. The van der Waals surface area contributed by atoms with Gasteiger partial charge in [0.25, 0.3) is 0 Å². The molecule has 6 nitrogen and oxygen atoms in total. The Balaban J connectivity index is 1.88. The summed E-state index contributed by atoms with van der Waals surface area (Å²) in [5.41, 5.74) is 1.58. The molecule has 0 aromatic carbocycles. The maximum Gasteiger partial charge on any atom is 0.407 e. The van der Waals surface area contributed by atoms with E-state index in [-0.39, 0.29) is 12.1 Å². The molecule has 2 aromatic heterocycles. The molecule has 1 amide bonds. The fourth-order valence-corrected chi connectivity index (χ4v) is 2.21. The quantitative estimate of drug-likeness (QED) is 0.921. The van der Waals surface area contributed by atoms with Crippen LogP contribution in [-0.4, -0.2) is 45.6 Å². The fourth-order valence-electron chi connectivity index (χ4n) is 2.21. The highest BCUT2D eigenvalue weighted by Crippen LogP contribution is 2.10. The molecule has 2 rings (SSSR count). The van der Waals surface area contributed by atoms with E-state index in [0.717, 1.165) is 17.9 Å². The molecule has 2 aromatic rings. The molecule has 0 aliphatic heterocycles. The molecule has 6 heteroatoms. The van der Waals surface area contributed by atoms with Gasteiger partial charge in [-0.25, -0.2) is 9.78 Å². The van der Waals surface area contributed by atoms with E-state index in [9.17, 15) is 4.79 Å². The largest absolute Gasteiger partial charge is 0.444 e. The zero-order valence-corrected chi connectivity index (χ0v) is 14.5. The third kappa shape index (κ3) is 4.96. The Morgan fingerprint density at radius 1 is 1.43 bits per heavy atom. The zero-order chi connectivity index (χ0) is 17.0. The Kier molecular flexibility index (Phi) is 5.26. The molecular formula is C17H26N4O2. The van der Waals surface area contributed by atoms with Crippen molar-refractivity contribution < 1.29 is 9.53 Å². The van der Waals surface area contributed by atoms with E-state index in [0.29, 0.717) is 6.54 Å². The fraction of sp³-hybridized carbons (Fsp3) is 0.529. The summed E-state index contributed by atoms with van der Waals surface area (Å²) in [6.07, 6.45) is 3.52. The number of alkyl carbamates (subject to hydrolysis) is 1. The van der Waals surface area contributed by atoms with Crippen molar-refractivity contribution in [2.45, 2.75) is 45.9 Å². The van der Waals surface area contributed by atoms with Gasteiger partial charge in [-0.3, -0.25) is 4.90 Å². The predicted octanol–water partition coefficient (Wildman–Crippen LogP) is 2.68. The third-order valence-corrected chi connectivity index (χ3v) is 3.60. The minimum Gasteiger partial charge on any atom is -0.444 e. The lowest BCUT2D eigenvalue weighted by Gasteiger charge is -2.26. The van der Waals surface area contributed by atoms with Crippen LogP contribution in [0, 0.1) is 0 Å². The van der Waals surface area contributed by atoms with Crippen LogP contribution in [0.1, 0.15) is 33.4 Å². The summed E-state index contributed by atoms with van der Waals surface area (Å²) in [6.45, 7) is 8.91. The number of hydrogen-bond donors (Lipinski definition) is 1. The molecule has 1 atom stereocenters. The first-order chi connectivity index (χ1) is 10.8. The van der Waals surface area contributed by atoms with Crippen molar-refractivity contribution in [3.05, 3.63) is 36.3 Å². The van der Waals surface area contributed by atoms with Gasteiger partial charge in [0, 0.05) is 25.3 Å². The summed E-state index contributed by atoms with van der Waals surface area (Å²) >= 11 is 0. The smallest absolute Gasteiger partial charge is 0.407 e. The second-order valence-corrected chi connectivity index (χ2v) is 6.83. The Labute approximate surface area is 137 Å². The SMILES string of the molecule is C[C@H](CNC(=O)OC(C)(C)C)N(C)Cc1cnc2ccccn12. The summed E-state index contributed by atoms with van der Waals surface area (Å²) in [5.74, 6) is 0. The minimum atomic E-state index is -0.476. The van der Waals surface area contributed by atoms with Crippen LogP contribution >= 0.6 is 0 Å². The van der Waals surface area contributed by atoms with Crippen LogP contribution in [0.5, 0.6) is 0 Å². The number of nitrogens with zero attached hydrogens (tertiary/aromatic N) is 3. The number of carbonyl (C=O) groups is 1. The van der Waals surface area contributed by atoms with E-state index >= 15 is 0 Å². The van der Waals surface area contributed by atoms with Crippen molar-refractivity contribution >= 4 is 11.7 Å². The summed E-state index contributed by atoms with van der Waals surface area (Å²) in [5, 5.41) is 2.81. The average Bonchev–Trinajstić information content (AvgIpc) is 2.86. The molecule has 0 spiro atoms. The Bertz CT molecular complexity index is 660. The first kappa shape index (κ1) is 17.3. The van der Waals surface area contributed by atoms with Crippen LogP contribution < -0.4 is 5.32 Å². The number of aromatic nitrogens is 2. The molecule has 0 unspecified atom stereocenters. The van der Waals surface area contributed by atoms with Crippen molar-refractivity contribution in [2.75, 3.05) is 13.6 Å².